The molecule has 1 fully saturated rings. The molecular formula is C24H36N6O3S2. The lowest BCUT2D eigenvalue weighted by Gasteiger charge is -2.36. The lowest BCUT2D eigenvalue weighted by Crippen LogP contribution is -2.49. The van der Waals surface area contributed by atoms with Crippen molar-refractivity contribution in [2.24, 2.45) is 0 Å². The molecule has 9 nitrogen and oxygen atoms in total. The molecule has 0 spiro atoms. The second kappa shape index (κ2) is 12.0. The number of hydrogen-bond donors (Lipinski definition) is 1. The average molecular weight is 521 g/mol. The summed E-state index contributed by atoms with van der Waals surface area (Å²) in [6.07, 6.45) is 1.96. The molecule has 1 aliphatic heterocycles. The lowest BCUT2D eigenvalue weighted by atomic mass is 10.1. The number of methoxy groups -OCH3 is 1. The minimum Gasteiger partial charge on any atom is -0.465 e. The molecule has 3 heterocycles. The minimum absolute atomic E-state index is 0.0862. The summed E-state index contributed by atoms with van der Waals surface area (Å²) in [4.78, 5) is 32.4. The van der Waals surface area contributed by atoms with E-state index in [2.05, 4.69) is 34.1 Å². The van der Waals surface area contributed by atoms with E-state index in [-0.39, 0.29) is 5.91 Å². The number of aryl methyl sites for hydroxylation is 1. The van der Waals surface area contributed by atoms with E-state index in [0.29, 0.717) is 39.2 Å². The first-order valence-corrected chi connectivity index (χ1v) is 13.3. The van der Waals surface area contributed by atoms with Gasteiger partial charge in [-0.3, -0.25) is 14.4 Å². The van der Waals surface area contributed by atoms with Crippen molar-refractivity contribution in [1.82, 2.24) is 24.5 Å². The van der Waals surface area contributed by atoms with Gasteiger partial charge in [-0.1, -0.05) is 0 Å². The van der Waals surface area contributed by atoms with Crippen LogP contribution in [-0.2, 0) is 17.8 Å². The highest BCUT2D eigenvalue weighted by Crippen LogP contribution is 2.35. The number of rotatable bonds is 8. The number of nitrogens with zero attached hydrogens (tertiary/aromatic N) is 5. The molecule has 11 heteroatoms. The van der Waals surface area contributed by atoms with Gasteiger partial charge in [-0.2, -0.15) is 5.10 Å². The van der Waals surface area contributed by atoms with Crippen LogP contribution >= 0.6 is 23.6 Å². The fraction of sp³-hybridized carbons (Fsp3) is 0.583. The number of nitrogens with one attached hydrogen (secondary N) is 1. The highest BCUT2D eigenvalue weighted by Gasteiger charge is 2.29. The quantitative estimate of drug-likeness (QED) is 0.419. The number of aromatic nitrogens is 2. The first kappa shape index (κ1) is 27.1. The number of thiocarbonyl (C=S) groups is 1. The van der Waals surface area contributed by atoms with Gasteiger partial charge in [0.15, 0.2) is 5.11 Å². The van der Waals surface area contributed by atoms with Crippen LogP contribution in [0, 0.1) is 13.8 Å². The molecule has 1 aliphatic rings. The Morgan fingerprint density at radius 2 is 1.83 bits per heavy atom. The lowest BCUT2D eigenvalue weighted by molar-refractivity contribution is 0.0601. The molecule has 35 heavy (non-hydrogen) atoms. The van der Waals surface area contributed by atoms with Crippen molar-refractivity contribution in [3.05, 3.63) is 33.5 Å². The first-order valence-electron chi connectivity index (χ1n) is 12.1. The van der Waals surface area contributed by atoms with Crippen molar-refractivity contribution >= 4 is 45.5 Å². The fourth-order valence-electron chi connectivity index (χ4n) is 4.29. The van der Waals surface area contributed by atoms with Crippen LogP contribution in [0.5, 0.6) is 0 Å². The molecule has 0 radical (unpaired) electrons. The van der Waals surface area contributed by atoms with E-state index in [9.17, 15) is 9.59 Å². The van der Waals surface area contributed by atoms with Gasteiger partial charge in [0.2, 0.25) is 0 Å². The maximum absolute atomic E-state index is 13.0. The molecule has 1 N–H and O–H groups in total. The monoisotopic (exact) mass is 520 g/mol. The van der Waals surface area contributed by atoms with Crippen LogP contribution in [0.15, 0.2) is 6.20 Å². The van der Waals surface area contributed by atoms with Crippen LogP contribution < -0.4 is 5.32 Å². The van der Waals surface area contributed by atoms with Crippen LogP contribution in [-0.4, -0.2) is 87.8 Å². The predicted molar refractivity (Wildman–Crippen MR) is 143 cm³/mol. The maximum atomic E-state index is 13.0. The summed E-state index contributed by atoms with van der Waals surface area (Å²) in [7, 11) is 1.35. The maximum Gasteiger partial charge on any atom is 0.341 e. The Morgan fingerprint density at radius 1 is 1.17 bits per heavy atom. The standard InChI is InChI=1S/C24H36N6O3S2/c1-7-28(8-2)22(31)20-16(4)19(23(32)33-6)21(35-20)26-24(34)29-12-10-27(11-13-29)15-18-14-25-30(9-3)17(18)5/h14H,7-13,15H2,1-6H3,(H,26,34). The summed E-state index contributed by atoms with van der Waals surface area (Å²) in [5, 5.41) is 8.80. The minimum atomic E-state index is -0.476. The molecule has 1 amide bonds. The van der Waals surface area contributed by atoms with Crippen LogP contribution in [0.25, 0.3) is 0 Å². The van der Waals surface area contributed by atoms with Crippen LogP contribution in [0.1, 0.15) is 57.6 Å². The molecule has 192 valence electrons. The van der Waals surface area contributed by atoms with E-state index in [1.54, 1.807) is 11.8 Å². The molecule has 0 bridgehead atoms. The third-order valence-corrected chi connectivity index (χ3v) is 8.12. The molecule has 2 aromatic heterocycles. The third-order valence-electron chi connectivity index (χ3n) is 6.56. The zero-order valence-electron chi connectivity index (χ0n) is 21.5. The normalized spacial score (nSPS) is 14.2. The highest BCUT2D eigenvalue weighted by molar-refractivity contribution is 7.80. The van der Waals surface area contributed by atoms with Gasteiger partial charge in [0, 0.05) is 63.6 Å². The van der Waals surface area contributed by atoms with Crippen molar-refractivity contribution in [1.29, 1.82) is 0 Å². The van der Waals surface area contributed by atoms with Crippen molar-refractivity contribution in [2.45, 2.75) is 47.7 Å². The number of anilines is 1. The Kier molecular flexibility index (Phi) is 9.26. The van der Waals surface area contributed by atoms with Gasteiger partial charge in [-0.05, 0) is 52.4 Å². The summed E-state index contributed by atoms with van der Waals surface area (Å²) in [6.45, 7) is 16.1. The Balaban J connectivity index is 1.69. The average Bonchev–Trinajstić information content (AvgIpc) is 3.38. The molecular weight excluding hydrogens is 484 g/mol. The summed E-state index contributed by atoms with van der Waals surface area (Å²) < 4.78 is 7.03. The van der Waals surface area contributed by atoms with E-state index >= 15 is 0 Å². The van der Waals surface area contributed by atoms with Crippen molar-refractivity contribution in [3.8, 4) is 0 Å². The second-order valence-corrected chi connectivity index (χ2v) is 9.90. The Bertz CT molecular complexity index is 1070. The molecule has 0 aromatic carbocycles. The Labute approximate surface area is 217 Å². The number of hydrogen-bond acceptors (Lipinski definition) is 7. The number of esters is 1. The van der Waals surface area contributed by atoms with E-state index in [1.807, 2.05) is 24.7 Å². The molecule has 0 saturated carbocycles. The largest absolute Gasteiger partial charge is 0.465 e. The molecule has 1 saturated heterocycles. The second-order valence-electron chi connectivity index (χ2n) is 8.49. The molecule has 0 atom stereocenters. The molecule has 0 unspecified atom stereocenters. The smallest absolute Gasteiger partial charge is 0.341 e. The van der Waals surface area contributed by atoms with Gasteiger partial charge in [-0.15, -0.1) is 11.3 Å². The summed E-state index contributed by atoms with van der Waals surface area (Å²) >= 11 is 6.96. The van der Waals surface area contributed by atoms with Gasteiger partial charge in [0.05, 0.1) is 23.7 Å². The number of ether oxygens (including phenoxy) is 1. The van der Waals surface area contributed by atoms with Gasteiger partial charge < -0.3 is 19.9 Å². The van der Waals surface area contributed by atoms with Gasteiger partial charge >= 0.3 is 5.97 Å². The summed E-state index contributed by atoms with van der Waals surface area (Å²) in [5.41, 5.74) is 3.46. The van der Waals surface area contributed by atoms with E-state index < -0.39 is 5.97 Å². The number of carbonyl (C=O) groups excluding carboxylic acids is 2. The van der Waals surface area contributed by atoms with Gasteiger partial charge in [0.25, 0.3) is 5.91 Å². The van der Waals surface area contributed by atoms with Crippen molar-refractivity contribution in [3.63, 3.8) is 0 Å². The number of amides is 1. The topological polar surface area (TPSA) is 82.9 Å². The first-order chi connectivity index (χ1) is 16.7. The fourth-order valence-corrected chi connectivity index (χ4v) is 5.80. The molecule has 3 rings (SSSR count). The SMILES string of the molecule is CCN(CC)C(=O)c1sc(NC(=S)N2CCN(Cc3cnn(CC)c3C)CC2)c(C(=O)OC)c1C. The number of thiophene rings is 1. The van der Waals surface area contributed by atoms with Gasteiger partial charge in [-0.25, -0.2) is 4.79 Å². The number of piperazine rings is 1. The summed E-state index contributed by atoms with van der Waals surface area (Å²) in [5.74, 6) is -0.563. The van der Waals surface area contributed by atoms with E-state index in [4.69, 9.17) is 17.0 Å². The van der Waals surface area contributed by atoms with Gasteiger partial charge in [0.1, 0.15) is 5.00 Å². The van der Waals surface area contributed by atoms with Crippen LogP contribution in [0.4, 0.5) is 5.00 Å². The predicted octanol–water partition coefficient (Wildman–Crippen LogP) is 3.36. The van der Waals surface area contributed by atoms with E-state index in [1.165, 1.54) is 29.7 Å². The Morgan fingerprint density at radius 3 is 2.37 bits per heavy atom. The molecule has 2 aromatic rings. The summed E-state index contributed by atoms with van der Waals surface area (Å²) in [6, 6.07) is 0. The highest BCUT2D eigenvalue weighted by atomic mass is 32.1. The number of carbonyl (C=O) groups is 2. The zero-order valence-corrected chi connectivity index (χ0v) is 23.1. The Hall–Kier alpha value is -2.50. The van der Waals surface area contributed by atoms with Crippen LogP contribution in [0.2, 0.25) is 0 Å². The van der Waals surface area contributed by atoms with Crippen LogP contribution in [0.3, 0.4) is 0 Å². The van der Waals surface area contributed by atoms with Crippen molar-refractivity contribution in [2.75, 3.05) is 51.7 Å². The third kappa shape index (κ3) is 5.84. The zero-order chi connectivity index (χ0) is 25.7. The van der Waals surface area contributed by atoms with Crippen molar-refractivity contribution < 1.29 is 14.3 Å². The molecule has 0 aliphatic carbocycles. The van der Waals surface area contributed by atoms with E-state index in [0.717, 1.165) is 39.3 Å².